The summed E-state index contributed by atoms with van der Waals surface area (Å²) in [5, 5.41) is 9.21. The number of hydrogen-bond donors (Lipinski definition) is 2. The van der Waals surface area contributed by atoms with Crippen molar-refractivity contribution in [3.05, 3.63) is 16.1 Å². The summed E-state index contributed by atoms with van der Waals surface area (Å²) in [6.45, 7) is 7.38. The van der Waals surface area contributed by atoms with E-state index in [0.717, 1.165) is 50.2 Å². The van der Waals surface area contributed by atoms with Gasteiger partial charge in [-0.1, -0.05) is 13.8 Å². The van der Waals surface area contributed by atoms with Crippen molar-refractivity contribution < 1.29 is 9.59 Å². The molecule has 3 rings (SSSR count). The van der Waals surface area contributed by atoms with E-state index < -0.39 is 0 Å². The van der Waals surface area contributed by atoms with E-state index in [4.69, 9.17) is 0 Å². The van der Waals surface area contributed by atoms with E-state index in [0.29, 0.717) is 30.6 Å². The molecule has 2 amide bonds. The quantitative estimate of drug-likeness (QED) is 0.795. The lowest BCUT2D eigenvalue weighted by atomic mass is 9.97. The standard InChI is InChI=1S/C19H30N4O2S/c1-13(2)9-17-22-16(12-26-17)19(25)23-8-4-5-14(11-23)10-21-18(24)15-6-3-7-20-15/h12-15,20H,3-11H2,1-2H3,(H,21,24). The van der Waals surface area contributed by atoms with E-state index in [-0.39, 0.29) is 17.9 Å². The summed E-state index contributed by atoms with van der Waals surface area (Å²) in [6.07, 6.45) is 4.94. The summed E-state index contributed by atoms with van der Waals surface area (Å²) in [5.74, 6) is 1.00. The predicted octanol–water partition coefficient (Wildman–Crippen LogP) is 2.06. The molecule has 0 radical (unpaired) electrons. The number of likely N-dealkylation sites (tertiary alicyclic amines) is 1. The fraction of sp³-hybridized carbons (Fsp3) is 0.737. The van der Waals surface area contributed by atoms with Crippen LogP contribution in [-0.4, -0.2) is 53.9 Å². The summed E-state index contributed by atoms with van der Waals surface area (Å²) >= 11 is 1.58. The largest absolute Gasteiger partial charge is 0.354 e. The van der Waals surface area contributed by atoms with Crippen LogP contribution in [0.25, 0.3) is 0 Å². The minimum atomic E-state index is -0.0364. The fourth-order valence-corrected chi connectivity index (χ4v) is 4.69. The molecule has 2 aliphatic rings. The van der Waals surface area contributed by atoms with Gasteiger partial charge >= 0.3 is 0 Å². The van der Waals surface area contributed by atoms with Gasteiger partial charge in [-0.2, -0.15) is 0 Å². The van der Waals surface area contributed by atoms with Gasteiger partial charge in [-0.25, -0.2) is 4.98 Å². The van der Waals surface area contributed by atoms with Gasteiger partial charge in [0.2, 0.25) is 5.91 Å². The smallest absolute Gasteiger partial charge is 0.273 e. The molecule has 6 nitrogen and oxygen atoms in total. The van der Waals surface area contributed by atoms with Crippen LogP contribution < -0.4 is 10.6 Å². The van der Waals surface area contributed by atoms with E-state index in [1.807, 2.05) is 10.3 Å². The van der Waals surface area contributed by atoms with Crippen molar-refractivity contribution in [3.63, 3.8) is 0 Å². The molecule has 26 heavy (non-hydrogen) atoms. The monoisotopic (exact) mass is 378 g/mol. The van der Waals surface area contributed by atoms with Crippen LogP contribution in [0.15, 0.2) is 5.38 Å². The summed E-state index contributed by atoms with van der Waals surface area (Å²) in [4.78, 5) is 31.3. The van der Waals surface area contributed by atoms with Gasteiger partial charge in [0.05, 0.1) is 11.0 Å². The molecular weight excluding hydrogens is 348 g/mol. The Morgan fingerprint density at radius 3 is 2.96 bits per heavy atom. The predicted molar refractivity (Wildman–Crippen MR) is 103 cm³/mol. The summed E-state index contributed by atoms with van der Waals surface area (Å²) in [5.41, 5.74) is 0.575. The molecule has 1 aromatic rings. The van der Waals surface area contributed by atoms with Crippen LogP contribution in [0.5, 0.6) is 0 Å². The zero-order valence-electron chi connectivity index (χ0n) is 15.8. The Morgan fingerprint density at radius 1 is 1.38 bits per heavy atom. The fourth-order valence-electron chi connectivity index (χ4n) is 3.71. The second kappa shape index (κ2) is 8.95. The van der Waals surface area contributed by atoms with Gasteiger partial charge in [0, 0.05) is 31.4 Å². The minimum Gasteiger partial charge on any atom is -0.354 e. The Hall–Kier alpha value is -1.47. The van der Waals surface area contributed by atoms with Crippen molar-refractivity contribution in [1.29, 1.82) is 0 Å². The highest BCUT2D eigenvalue weighted by Crippen LogP contribution is 2.20. The SMILES string of the molecule is CC(C)Cc1nc(C(=O)N2CCCC(CNC(=O)C3CCCN3)C2)cs1. The number of nitrogens with one attached hydrogen (secondary N) is 2. The zero-order chi connectivity index (χ0) is 18.5. The van der Waals surface area contributed by atoms with Gasteiger partial charge in [0.1, 0.15) is 5.69 Å². The Bertz CT molecular complexity index is 625. The average Bonchev–Trinajstić information content (AvgIpc) is 3.31. The first-order valence-electron chi connectivity index (χ1n) is 9.77. The topological polar surface area (TPSA) is 74.3 Å². The highest BCUT2D eigenvalue weighted by Gasteiger charge is 2.27. The molecule has 0 spiro atoms. The number of nitrogens with zero attached hydrogens (tertiary/aromatic N) is 2. The molecule has 1 aromatic heterocycles. The molecule has 0 aromatic carbocycles. The summed E-state index contributed by atoms with van der Waals surface area (Å²) < 4.78 is 0. The number of carbonyl (C=O) groups excluding carboxylic acids is 2. The number of aromatic nitrogens is 1. The van der Waals surface area contributed by atoms with Gasteiger partial charge in [-0.3, -0.25) is 9.59 Å². The molecule has 0 aliphatic carbocycles. The highest BCUT2D eigenvalue weighted by molar-refractivity contribution is 7.09. The summed E-state index contributed by atoms with van der Waals surface area (Å²) in [7, 11) is 0. The lowest BCUT2D eigenvalue weighted by Crippen LogP contribution is -2.46. The Morgan fingerprint density at radius 2 is 2.23 bits per heavy atom. The number of rotatable bonds is 6. The van der Waals surface area contributed by atoms with E-state index in [1.165, 1.54) is 0 Å². The van der Waals surface area contributed by atoms with Crippen LogP contribution >= 0.6 is 11.3 Å². The molecule has 2 unspecified atom stereocenters. The van der Waals surface area contributed by atoms with Gasteiger partial charge < -0.3 is 15.5 Å². The normalized spacial score (nSPS) is 23.4. The molecule has 144 valence electrons. The van der Waals surface area contributed by atoms with Crippen molar-refractivity contribution in [2.24, 2.45) is 11.8 Å². The first-order chi connectivity index (χ1) is 12.5. The molecule has 2 atom stereocenters. The maximum atomic E-state index is 12.8. The molecule has 0 saturated carbocycles. The highest BCUT2D eigenvalue weighted by atomic mass is 32.1. The third-order valence-electron chi connectivity index (χ3n) is 5.10. The first-order valence-corrected chi connectivity index (χ1v) is 10.7. The van der Waals surface area contributed by atoms with Crippen LogP contribution in [0.3, 0.4) is 0 Å². The first kappa shape index (κ1) is 19.3. The van der Waals surface area contributed by atoms with Crippen LogP contribution in [0.2, 0.25) is 0 Å². The Kier molecular flexibility index (Phi) is 6.64. The average molecular weight is 379 g/mol. The van der Waals surface area contributed by atoms with Gasteiger partial charge in [-0.15, -0.1) is 11.3 Å². The third kappa shape index (κ3) is 5.04. The third-order valence-corrected chi connectivity index (χ3v) is 5.97. The maximum absolute atomic E-state index is 12.8. The molecule has 2 fully saturated rings. The van der Waals surface area contributed by atoms with Crippen LogP contribution in [0, 0.1) is 11.8 Å². The van der Waals surface area contributed by atoms with Gasteiger partial charge in [0.15, 0.2) is 0 Å². The second-order valence-electron chi connectivity index (χ2n) is 7.88. The van der Waals surface area contributed by atoms with E-state index >= 15 is 0 Å². The van der Waals surface area contributed by atoms with Gasteiger partial charge in [-0.05, 0) is 44.1 Å². The molecule has 0 bridgehead atoms. The Labute approximate surface area is 159 Å². The van der Waals surface area contributed by atoms with E-state index in [9.17, 15) is 9.59 Å². The number of carbonyl (C=O) groups is 2. The Balaban J connectivity index is 1.50. The molecule has 7 heteroatoms. The van der Waals surface area contributed by atoms with Crippen LogP contribution in [0.1, 0.15) is 55.0 Å². The van der Waals surface area contributed by atoms with E-state index in [1.54, 1.807) is 11.3 Å². The maximum Gasteiger partial charge on any atom is 0.273 e. The summed E-state index contributed by atoms with van der Waals surface area (Å²) in [6, 6.07) is -0.0364. The van der Waals surface area contributed by atoms with Crippen molar-refractivity contribution in [1.82, 2.24) is 20.5 Å². The number of hydrogen-bond acceptors (Lipinski definition) is 5. The number of piperidine rings is 1. The molecule has 2 N–H and O–H groups in total. The molecule has 2 saturated heterocycles. The van der Waals surface area contributed by atoms with E-state index in [2.05, 4.69) is 29.5 Å². The van der Waals surface area contributed by atoms with Gasteiger partial charge in [0.25, 0.3) is 5.91 Å². The van der Waals surface area contributed by atoms with Crippen LogP contribution in [-0.2, 0) is 11.2 Å². The van der Waals surface area contributed by atoms with Crippen molar-refractivity contribution in [3.8, 4) is 0 Å². The lowest BCUT2D eigenvalue weighted by molar-refractivity contribution is -0.123. The van der Waals surface area contributed by atoms with Crippen LogP contribution in [0.4, 0.5) is 0 Å². The lowest BCUT2D eigenvalue weighted by Gasteiger charge is -2.32. The number of thiazole rings is 1. The minimum absolute atomic E-state index is 0.0322. The zero-order valence-corrected chi connectivity index (χ0v) is 16.6. The molecule has 3 heterocycles. The number of amides is 2. The van der Waals surface area contributed by atoms with Crippen molar-refractivity contribution in [2.45, 2.75) is 52.0 Å². The second-order valence-corrected chi connectivity index (χ2v) is 8.82. The van der Waals surface area contributed by atoms with Crippen molar-refractivity contribution in [2.75, 3.05) is 26.2 Å². The van der Waals surface area contributed by atoms with Crippen molar-refractivity contribution >= 4 is 23.2 Å². The molecule has 2 aliphatic heterocycles. The molecular formula is C19H30N4O2S.